The first-order chi connectivity index (χ1) is 14.2. The van der Waals surface area contributed by atoms with Gasteiger partial charge in [-0.1, -0.05) is 19.3 Å². The van der Waals surface area contributed by atoms with Crippen LogP contribution in [-0.4, -0.2) is 33.4 Å². The van der Waals surface area contributed by atoms with E-state index in [0.29, 0.717) is 24.3 Å². The third-order valence-electron chi connectivity index (χ3n) is 8.43. The fourth-order valence-electron chi connectivity index (χ4n) is 6.92. The minimum Gasteiger partial charge on any atom is -0.396 e. The van der Waals surface area contributed by atoms with Crippen molar-refractivity contribution >= 4 is 5.91 Å². The van der Waals surface area contributed by atoms with E-state index in [0.717, 1.165) is 19.3 Å². The molecule has 2 N–H and O–H groups in total. The van der Waals surface area contributed by atoms with Gasteiger partial charge in [-0.05, 0) is 75.2 Å². The second-order valence-corrected chi connectivity index (χ2v) is 10.1. The van der Waals surface area contributed by atoms with Crippen LogP contribution < -0.4 is 5.32 Å². The average Bonchev–Trinajstić information content (AvgIpc) is 3.46. The highest BCUT2D eigenvalue weighted by atomic mass is 16.3. The maximum Gasteiger partial charge on any atom is 0.220 e. The van der Waals surface area contributed by atoms with Crippen molar-refractivity contribution in [2.24, 2.45) is 17.8 Å². The van der Waals surface area contributed by atoms with Crippen LogP contribution in [0.25, 0.3) is 0 Å². The third-order valence-corrected chi connectivity index (χ3v) is 8.43. The van der Waals surface area contributed by atoms with Gasteiger partial charge in [0.25, 0.3) is 0 Å². The summed E-state index contributed by atoms with van der Waals surface area (Å²) < 4.78 is 2.37. The van der Waals surface area contributed by atoms with Crippen molar-refractivity contribution in [3.8, 4) is 0 Å². The first-order valence-electron chi connectivity index (χ1n) is 12.2. The maximum absolute atomic E-state index is 12.8. The van der Waals surface area contributed by atoms with Gasteiger partial charge in [-0.3, -0.25) is 9.48 Å². The first-order valence-corrected chi connectivity index (χ1v) is 12.2. The molecule has 4 atom stereocenters. The molecule has 2 unspecified atom stereocenters. The van der Waals surface area contributed by atoms with Gasteiger partial charge in [-0.25, -0.2) is 0 Å². The van der Waals surface area contributed by atoms with Gasteiger partial charge in [0.1, 0.15) is 0 Å². The lowest BCUT2D eigenvalue weighted by molar-refractivity contribution is -0.122. The highest BCUT2D eigenvalue weighted by molar-refractivity contribution is 5.76. The second kappa shape index (κ2) is 8.41. The van der Waals surface area contributed by atoms with E-state index < -0.39 is 0 Å². The standard InChI is InChI=1S/C24H37N3O2/c28-15-20-16-10-11-17(14-16)24(20)25-23(29)13-12-21-19-8-4-5-9-22(19)27(26-21)18-6-2-1-3-7-18/h16-18,20,24,28H,1-15H2,(H,25,29)/t16?,17?,20-,24+/m0/s1. The van der Waals surface area contributed by atoms with Crippen LogP contribution in [0.15, 0.2) is 0 Å². The largest absolute Gasteiger partial charge is 0.396 e. The molecule has 3 saturated carbocycles. The Kier molecular flexibility index (Phi) is 5.68. The number of hydrogen-bond donors (Lipinski definition) is 2. The number of aliphatic hydroxyl groups excluding tert-OH is 1. The van der Waals surface area contributed by atoms with Gasteiger partial charge < -0.3 is 10.4 Å². The minimum absolute atomic E-state index is 0.151. The summed E-state index contributed by atoms with van der Waals surface area (Å²) in [4.78, 5) is 12.8. The summed E-state index contributed by atoms with van der Waals surface area (Å²) in [7, 11) is 0. The lowest BCUT2D eigenvalue weighted by Crippen LogP contribution is -2.45. The summed E-state index contributed by atoms with van der Waals surface area (Å²) in [6.07, 6.45) is 16.3. The zero-order valence-electron chi connectivity index (χ0n) is 17.7. The molecule has 0 aliphatic heterocycles. The van der Waals surface area contributed by atoms with Crippen molar-refractivity contribution in [1.82, 2.24) is 15.1 Å². The number of hydrogen-bond acceptors (Lipinski definition) is 3. The molecule has 1 aromatic rings. The number of amides is 1. The Bertz CT molecular complexity index is 737. The van der Waals surface area contributed by atoms with Gasteiger partial charge in [0.2, 0.25) is 5.91 Å². The molecular formula is C24H37N3O2. The molecule has 29 heavy (non-hydrogen) atoms. The van der Waals surface area contributed by atoms with E-state index in [9.17, 15) is 9.90 Å². The van der Waals surface area contributed by atoms with E-state index >= 15 is 0 Å². The highest BCUT2D eigenvalue weighted by Gasteiger charge is 2.47. The zero-order valence-corrected chi connectivity index (χ0v) is 17.7. The van der Waals surface area contributed by atoms with Crippen molar-refractivity contribution < 1.29 is 9.90 Å². The van der Waals surface area contributed by atoms with Gasteiger partial charge in [0.05, 0.1) is 11.7 Å². The summed E-state index contributed by atoms with van der Waals surface area (Å²) in [5.41, 5.74) is 4.13. The Morgan fingerprint density at radius 1 is 1.03 bits per heavy atom. The molecule has 0 radical (unpaired) electrons. The van der Waals surface area contributed by atoms with Gasteiger partial charge in [-0.15, -0.1) is 0 Å². The molecule has 5 nitrogen and oxygen atoms in total. The molecule has 0 saturated heterocycles. The van der Waals surface area contributed by atoms with Crippen LogP contribution in [0.1, 0.15) is 93.6 Å². The van der Waals surface area contributed by atoms with Crippen molar-refractivity contribution in [3.05, 3.63) is 17.0 Å². The summed E-state index contributed by atoms with van der Waals surface area (Å²) in [5, 5.41) is 18.2. The average molecular weight is 400 g/mol. The number of aliphatic hydroxyl groups is 1. The third kappa shape index (κ3) is 3.75. The Hall–Kier alpha value is -1.36. The Morgan fingerprint density at radius 2 is 1.83 bits per heavy atom. The number of nitrogens with zero attached hydrogens (tertiary/aromatic N) is 2. The number of rotatable bonds is 6. The predicted octanol–water partition coefficient (Wildman–Crippen LogP) is 3.72. The molecule has 0 spiro atoms. The van der Waals surface area contributed by atoms with Crippen molar-refractivity contribution in [1.29, 1.82) is 0 Å². The van der Waals surface area contributed by atoms with Crippen molar-refractivity contribution in [2.75, 3.05) is 6.61 Å². The monoisotopic (exact) mass is 399 g/mol. The normalized spacial score (nSPS) is 31.8. The Labute approximate surface area is 174 Å². The van der Waals surface area contributed by atoms with Crippen molar-refractivity contribution in [3.63, 3.8) is 0 Å². The number of aromatic nitrogens is 2. The Morgan fingerprint density at radius 3 is 2.66 bits per heavy atom. The van der Waals surface area contributed by atoms with Gasteiger partial charge in [0, 0.05) is 37.1 Å². The van der Waals surface area contributed by atoms with E-state index in [1.54, 1.807) is 0 Å². The van der Waals surface area contributed by atoms with Crippen molar-refractivity contribution in [2.45, 2.75) is 102 Å². The summed E-state index contributed by atoms with van der Waals surface area (Å²) >= 11 is 0. The second-order valence-electron chi connectivity index (χ2n) is 10.1. The SMILES string of the molecule is O=C(CCc1nn(C2CCCCC2)c2c1CCCC2)N[C@@H]1C2CCC(C2)[C@@H]1CO. The molecule has 5 rings (SSSR count). The molecule has 160 valence electrons. The molecule has 2 bridgehead atoms. The van der Waals surface area contributed by atoms with Crippen LogP contribution in [0.5, 0.6) is 0 Å². The minimum atomic E-state index is 0.151. The lowest BCUT2D eigenvalue weighted by Gasteiger charge is -2.30. The van der Waals surface area contributed by atoms with Crippen LogP contribution >= 0.6 is 0 Å². The molecule has 4 aliphatic rings. The summed E-state index contributed by atoms with van der Waals surface area (Å²) in [6.45, 7) is 0.214. The fraction of sp³-hybridized carbons (Fsp3) is 0.833. The van der Waals surface area contributed by atoms with E-state index in [1.807, 2.05) is 0 Å². The molecular weight excluding hydrogens is 362 g/mol. The number of carbonyl (C=O) groups is 1. The van der Waals surface area contributed by atoms with E-state index in [4.69, 9.17) is 5.10 Å². The van der Waals surface area contributed by atoms with Crippen LogP contribution in [0.3, 0.4) is 0 Å². The lowest BCUT2D eigenvalue weighted by atomic mass is 9.85. The van der Waals surface area contributed by atoms with Crippen LogP contribution in [0.4, 0.5) is 0 Å². The quantitative estimate of drug-likeness (QED) is 0.766. The molecule has 0 aromatic carbocycles. The zero-order chi connectivity index (χ0) is 19.8. The number of fused-ring (bicyclic) bond motifs is 3. The smallest absolute Gasteiger partial charge is 0.220 e. The number of nitrogens with one attached hydrogen (secondary N) is 1. The molecule has 4 aliphatic carbocycles. The molecule has 1 heterocycles. The maximum atomic E-state index is 12.8. The summed E-state index contributed by atoms with van der Waals surface area (Å²) in [6, 6.07) is 0.775. The van der Waals surface area contributed by atoms with E-state index in [2.05, 4.69) is 10.00 Å². The summed E-state index contributed by atoms with van der Waals surface area (Å²) in [5.74, 6) is 1.63. The van der Waals surface area contributed by atoms with Crippen LogP contribution in [-0.2, 0) is 24.1 Å². The first kappa shape index (κ1) is 19.6. The predicted molar refractivity (Wildman–Crippen MR) is 113 cm³/mol. The molecule has 1 amide bonds. The van der Waals surface area contributed by atoms with Gasteiger partial charge >= 0.3 is 0 Å². The van der Waals surface area contributed by atoms with Crippen LogP contribution in [0, 0.1) is 17.8 Å². The van der Waals surface area contributed by atoms with E-state index in [1.165, 1.54) is 81.2 Å². The number of carbonyl (C=O) groups excluding carboxylic acids is 1. The highest BCUT2D eigenvalue weighted by Crippen LogP contribution is 2.48. The topological polar surface area (TPSA) is 67.2 Å². The molecule has 3 fully saturated rings. The number of aryl methyl sites for hydroxylation is 1. The molecule has 1 aromatic heterocycles. The van der Waals surface area contributed by atoms with Gasteiger partial charge in [-0.2, -0.15) is 5.10 Å². The van der Waals surface area contributed by atoms with Gasteiger partial charge in [0.15, 0.2) is 0 Å². The fourth-order valence-corrected chi connectivity index (χ4v) is 6.92. The Balaban J connectivity index is 1.24. The van der Waals surface area contributed by atoms with E-state index in [-0.39, 0.29) is 24.5 Å². The molecule has 5 heteroatoms. The van der Waals surface area contributed by atoms with Crippen LogP contribution in [0.2, 0.25) is 0 Å².